The third kappa shape index (κ3) is 4.67. The van der Waals surface area contributed by atoms with Gasteiger partial charge >= 0.3 is 0 Å². The lowest BCUT2D eigenvalue weighted by atomic mass is 10.0. The topological polar surface area (TPSA) is 42.0 Å². The highest BCUT2D eigenvalue weighted by molar-refractivity contribution is 7.14. The van der Waals surface area contributed by atoms with Crippen molar-refractivity contribution < 1.29 is 4.79 Å². The van der Waals surface area contributed by atoms with Gasteiger partial charge in [-0.15, -0.1) is 11.3 Å². The molecule has 0 aliphatic carbocycles. The number of carbonyl (C=O) groups excluding carboxylic acids is 1. The molecule has 0 saturated heterocycles. The first-order chi connectivity index (χ1) is 10.1. The Hall–Kier alpha value is -1.68. The molecule has 1 N–H and O–H groups in total. The van der Waals surface area contributed by atoms with E-state index in [0.29, 0.717) is 17.5 Å². The van der Waals surface area contributed by atoms with Crippen LogP contribution >= 0.6 is 11.3 Å². The number of amides is 1. The van der Waals surface area contributed by atoms with Crippen molar-refractivity contribution in [3.63, 3.8) is 0 Å². The van der Waals surface area contributed by atoms with Crippen LogP contribution in [-0.2, 0) is 11.2 Å². The van der Waals surface area contributed by atoms with Crippen LogP contribution < -0.4 is 5.32 Å². The van der Waals surface area contributed by atoms with E-state index in [2.05, 4.69) is 48.4 Å². The van der Waals surface area contributed by atoms with E-state index >= 15 is 0 Å². The molecule has 0 saturated carbocycles. The minimum absolute atomic E-state index is 0.0330. The summed E-state index contributed by atoms with van der Waals surface area (Å²) in [6.45, 7) is 6.44. The van der Waals surface area contributed by atoms with E-state index < -0.39 is 0 Å². The van der Waals surface area contributed by atoms with Crippen LogP contribution in [0.2, 0.25) is 0 Å². The average molecular weight is 302 g/mol. The predicted octanol–water partition coefficient (Wildman–Crippen LogP) is 4.75. The molecule has 0 spiro atoms. The Bertz CT molecular complexity index is 587. The third-order valence-electron chi connectivity index (χ3n) is 3.12. The average Bonchev–Trinajstić information content (AvgIpc) is 2.87. The number of thiazole rings is 1. The summed E-state index contributed by atoms with van der Waals surface area (Å²) in [6, 6.07) is 8.52. The van der Waals surface area contributed by atoms with Gasteiger partial charge < -0.3 is 5.32 Å². The Labute approximate surface area is 130 Å². The zero-order chi connectivity index (χ0) is 15.2. The van der Waals surface area contributed by atoms with Gasteiger partial charge in [-0.05, 0) is 24.3 Å². The first-order valence-electron chi connectivity index (χ1n) is 7.43. The maximum absolute atomic E-state index is 11.6. The van der Waals surface area contributed by atoms with Crippen LogP contribution in [-0.4, -0.2) is 10.9 Å². The molecule has 1 heterocycles. The maximum Gasteiger partial charge on any atom is 0.226 e. The molecule has 112 valence electrons. The molecule has 4 heteroatoms. The number of aromatic nitrogens is 1. The van der Waals surface area contributed by atoms with E-state index in [1.54, 1.807) is 0 Å². The lowest BCUT2D eigenvalue weighted by Gasteiger charge is -2.05. The van der Waals surface area contributed by atoms with Crippen molar-refractivity contribution >= 4 is 22.4 Å². The minimum atomic E-state index is 0.0330. The lowest BCUT2D eigenvalue weighted by molar-refractivity contribution is -0.116. The van der Waals surface area contributed by atoms with Gasteiger partial charge in [-0.2, -0.15) is 0 Å². The zero-order valence-electron chi connectivity index (χ0n) is 12.8. The summed E-state index contributed by atoms with van der Waals surface area (Å²) < 4.78 is 0. The Morgan fingerprint density at radius 1 is 1.29 bits per heavy atom. The molecule has 0 atom stereocenters. The second-order valence-electron chi connectivity index (χ2n) is 5.63. The summed E-state index contributed by atoms with van der Waals surface area (Å²) in [5, 5.41) is 5.50. The van der Waals surface area contributed by atoms with Gasteiger partial charge in [0, 0.05) is 17.4 Å². The molecule has 2 rings (SSSR count). The van der Waals surface area contributed by atoms with Crippen molar-refractivity contribution in [3.8, 4) is 11.3 Å². The summed E-state index contributed by atoms with van der Waals surface area (Å²) >= 11 is 1.47. The Balaban J connectivity index is 2.05. The SMILES string of the molecule is CCCC(=O)Nc1nc(-c2ccc(CC(C)C)cc2)cs1. The fourth-order valence-corrected chi connectivity index (χ4v) is 2.89. The number of anilines is 1. The number of nitrogens with zero attached hydrogens (tertiary/aromatic N) is 1. The Morgan fingerprint density at radius 3 is 2.62 bits per heavy atom. The molecule has 3 nitrogen and oxygen atoms in total. The van der Waals surface area contributed by atoms with Gasteiger partial charge in [-0.3, -0.25) is 4.79 Å². The van der Waals surface area contributed by atoms with Crippen LogP contribution in [0.15, 0.2) is 29.6 Å². The Morgan fingerprint density at radius 2 is 2.00 bits per heavy atom. The number of hydrogen-bond donors (Lipinski definition) is 1. The monoisotopic (exact) mass is 302 g/mol. The number of hydrogen-bond acceptors (Lipinski definition) is 3. The van der Waals surface area contributed by atoms with Crippen LogP contribution in [0.1, 0.15) is 39.2 Å². The summed E-state index contributed by atoms with van der Waals surface area (Å²) in [5.74, 6) is 0.696. The number of nitrogens with one attached hydrogen (secondary N) is 1. The van der Waals surface area contributed by atoms with Crippen molar-refractivity contribution in [2.24, 2.45) is 5.92 Å². The van der Waals surface area contributed by atoms with Crippen LogP contribution in [0, 0.1) is 5.92 Å². The summed E-state index contributed by atoms with van der Waals surface area (Å²) in [7, 11) is 0. The molecule has 0 fully saturated rings. The Kier molecular flexibility index (Phi) is 5.51. The van der Waals surface area contributed by atoms with Gasteiger partial charge in [-0.1, -0.05) is 45.0 Å². The lowest BCUT2D eigenvalue weighted by Crippen LogP contribution is -2.10. The second kappa shape index (κ2) is 7.36. The van der Waals surface area contributed by atoms with Gasteiger partial charge in [0.1, 0.15) is 0 Å². The first-order valence-corrected chi connectivity index (χ1v) is 8.31. The van der Waals surface area contributed by atoms with Crippen molar-refractivity contribution in [2.75, 3.05) is 5.32 Å². The molecular formula is C17H22N2OS. The van der Waals surface area contributed by atoms with Gasteiger partial charge in [0.2, 0.25) is 5.91 Å². The van der Waals surface area contributed by atoms with E-state index in [9.17, 15) is 4.79 Å². The molecule has 0 aliphatic rings. The van der Waals surface area contributed by atoms with Gasteiger partial charge in [0.05, 0.1) is 5.69 Å². The van der Waals surface area contributed by atoms with E-state index in [4.69, 9.17) is 0 Å². The number of benzene rings is 1. The molecule has 0 radical (unpaired) electrons. The zero-order valence-corrected chi connectivity index (χ0v) is 13.7. The molecule has 21 heavy (non-hydrogen) atoms. The van der Waals surface area contributed by atoms with Crippen LogP contribution in [0.3, 0.4) is 0 Å². The maximum atomic E-state index is 11.6. The quantitative estimate of drug-likeness (QED) is 0.837. The summed E-state index contributed by atoms with van der Waals surface area (Å²) in [6.07, 6.45) is 2.48. The fraction of sp³-hybridized carbons (Fsp3) is 0.412. The summed E-state index contributed by atoms with van der Waals surface area (Å²) in [5.41, 5.74) is 3.36. The molecule has 0 unspecified atom stereocenters. The van der Waals surface area contributed by atoms with E-state index in [-0.39, 0.29) is 5.91 Å². The highest BCUT2D eigenvalue weighted by Crippen LogP contribution is 2.25. The summed E-state index contributed by atoms with van der Waals surface area (Å²) in [4.78, 5) is 16.0. The number of rotatable bonds is 6. The largest absolute Gasteiger partial charge is 0.302 e. The van der Waals surface area contributed by atoms with Crippen LogP contribution in [0.5, 0.6) is 0 Å². The number of carbonyl (C=O) groups is 1. The van der Waals surface area contributed by atoms with Crippen LogP contribution in [0.4, 0.5) is 5.13 Å². The van der Waals surface area contributed by atoms with E-state index in [1.807, 2.05) is 12.3 Å². The van der Waals surface area contributed by atoms with Crippen molar-refractivity contribution in [3.05, 3.63) is 35.2 Å². The smallest absolute Gasteiger partial charge is 0.226 e. The fourth-order valence-electron chi connectivity index (χ4n) is 2.16. The van der Waals surface area contributed by atoms with Crippen LogP contribution in [0.25, 0.3) is 11.3 Å². The van der Waals surface area contributed by atoms with Crippen molar-refractivity contribution in [1.82, 2.24) is 4.98 Å². The first kappa shape index (κ1) is 15.7. The highest BCUT2D eigenvalue weighted by Gasteiger charge is 2.07. The van der Waals surface area contributed by atoms with Crippen molar-refractivity contribution in [1.29, 1.82) is 0 Å². The molecule has 0 aliphatic heterocycles. The standard InChI is InChI=1S/C17H22N2OS/c1-4-5-16(20)19-17-18-15(11-21-17)14-8-6-13(7-9-14)10-12(2)3/h6-9,11-12H,4-5,10H2,1-3H3,(H,18,19,20). The second-order valence-corrected chi connectivity index (χ2v) is 6.49. The molecule has 1 aromatic heterocycles. The molecule has 0 bridgehead atoms. The molecular weight excluding hydrogens is 280 g/mol. The van der Waals surface area contributed by atoms with Gasteiger partial charge in [-0.25, -0.2) is 4.98 Å². The molecule has 2 aromatic rings. The third-order valence-corrected chi connectivity index (χ3v) is 3.88. The van der Waals surface area contributed by atoms with E-state index in [1.165, 1.54) is 16.9 Å². The molecule has 1 amide bonds. The molecule has 1 aromatic carbocycles. The van der Waals surface area contributed by atoms with E-state index in [0.717, 1.165) is 24.1 Å². The minimum Gasteiger partial charge on any atom is -0.302 e. The normalized spacial score (nSPS) is 10.9. The predicted molar refractivity (Wildman–Crippen MR) is 89.6 cm³/mol. The van der Waals surface area contributed by atoms with Crippen molar-refractivity contribution in [2.45, 2.75) is 40.0 Å². The highest BCUT2D eigenvalue weighted by atomic mass is 32.1. The van der Waals surface area contributed by atoms with Gasteiger partial charge in [0.15, 0.2) is 5.13 Å². The van der Waals surface area contributed by atoms with Gasteiger partial charge in [0.25, 0.3) is 0 Å².